The molecule has 1 spiro atoms. The number of ether oxygens (including phenoxy) is 2. The molecule has 0 aromatic rings. The normalized spacial score (nSPS) is 54.1. The average molecular weight is 280 g/mol. The Bertz CT molecular complexity index is 489. The Kier molecular flexibility index (Phi) is 2.46. The lowest BCUT2D eigenvalue weighted by molar-refractivity contribution is -0.554. The van der Waals surface area contributed by atoms with E-state index in [1.165, 1.54) is 0 Å². The number of fused-ring (bicyclic) bond motifs is 2. The summed E-state index contributed by atoms with van der Waals surface area (Å²) in [5.74, 6) is -0.501. The van der Waals surface area contributed by atoms with Crippen molar-refractivity contribution in [2.24, 2.45) is 17.8 Å². The van der Waals surface area contributed by atoms with Gasteiger partial charge in [-0.15, -0.1) is 0 Å². The molecule has 2 bridgehead atoms. The van der Waals surface area contributed by atoms with Crippen molar-refractivity contribution in [1.82, 2.24) is 0 Å². The highest BCUT2D eigenvalue weighted by Crippen LogP contribution is 2.59. The topological polar surface area (TPSA) is 54.0 Å². The fourth-order valence-electron chi connectivity index (χ4n) is 4.46. The molecule has 1 unspecified atom stereocenters. The van der Waals surface area contributed by atoms with Crippen LogP contribution in [-0.4, -0.2) is 23.6 Å². The van der Waals surface area contributed by atoms with Crippen LogP contribution in [-0.2, 0) is 24.0 Å². The van der Waals surface area contributed by atoms with Gasteiger partial charge >= 0.3 is 5.97 Å². The zero-order valence-corrected chi connectivity index (χ0v) is 11.9. The van der Waals surface area contributed by atoms with Gasteiger partial charge in [0.15, 0.2) is 5.60 Å². The SMILES string of the molecule is C=C1C(=O)O[C@@H]2O[C@@]3(C)CC[C@H]4[C@H](C)CCC1[C@]24OO3. The Morgan fingerprint density at radius 3 is 2.85 bits per heavy atom. The molecule has 5 fully saturated rings. The molecule has 5 heteroatoms. The summed E-state index contributed by atoms with van der Waals surface area (Å²) in [5.41, 5.74) is -0.213. The summed E-state index contributed by atoms with van der Waals surface area (Å²) < 4.78 is 11.5. The summed E-state index contributed by atoms with van der Waals surface area (Å²) in [6.07, 6.45) is 2.95. The van der Waals surface area contributed by atoms with Crippen molar-refractivity contribution in [3.8, 4) is 0 Å². The molecule has 20 heavy (non-hydrogen) atoms. The van der Waals surface area contributed by atoms with E-state index in [2.05, 4.69) is 13.5 Å². The van der Waals surface area contributed by atoms with Gasteiger partial charge < -0.3 is 9.47 Å². The van der Waals surface area contributed by atoms with Gasteiger partial charge in [-0.1, -0.05) is 13.5 Å². The van der Waals surface area contributed by atoms with Crippen LogP contribution >= 0.6 is 0 Å². The van der Waals surface area contributed by atoms with Crippen LogP contribution in [0.3, 0.4) is 0 Å². The minimum Gasteiger partial charge on any atom is -0.429 e. The van der Waals surface area contributed by atoms with Crippen LogP contribution in [0.4, 0.5) is 0 Å². The molecule has 5 aliphatic rings. The number of hydrogen-bond acceptors (Lipinski definition) is 5. The molecule has 1 saturated carbocycles. The smallest absolute Gasteiger partial charge is 0.336 e. The first kappa shape index (κ1) is 12.8. The molecule has 5 nitrogen and oxygen atoms in total. The zero-order chi connectivity index (χ0) is 14.1. The second-order valence-corrected chi connectivity index (χ2v) is 6.79. The molecule has 6 atom stereocenters. The van der Waals surface area contributed by atoms with E-state index in [1.807, 2.05) is 6.92 Å². The van der Waals surface area contributed by atoms with Gasteiger partial charge in [-0.3, -0.25) is 0 Å². The number of esters is 1. The van der Waals surface area contributed by atoms with Crippen LogP contribution < -0.4 is 0 Å². The minimum absolute atomic E-state index is 0.0717. The zero-order valence-electron chi connectivity index (χ0n) is 11.9. The van der Waals surface area contributed by atoms with E-state index < -0.39 is 17.7 Å². The molecule has 0 amide bonds. The maximum atomic E-state index is 12.0. The maximum Gasteiger partial charge on any atom is 0.336 e. The summed E-state index contributed by atoms with van der Waals surface area (Å²) in [4.78, 5) is 23.5. The standard InChI is InChI=1S/C15H20O5/c1-8-4-5-11-9(2)12(16)17-13-15(11)10(8)6-7-14(3,18-13)19-20-15/h8,10-11,13H,2,4-7H2,1,3H3/t8-,10+,11?,13-,14-,15+/m1/s1. The molecule has 110 valence electrons. The van der Waals surface area contributed by atoms with E-state index in [0.717, 1.165) is 25.7 Å². The average Bonchev–Trinajstić information content (AvgIpc) is 2.63. The van der Waals surface area contributed by atoms with Gasteiger partial charge in [0.1, 0.15) is 0 Å². The quantitative estimate of drug-likeness (QED) is 0.387. The molecular weight excluding hydrogens is 260 g/mol. The van der Waals surface area contributed by atoms with Gasteiger partial charge in [-0.05, 0) is 32.1 Å². The minimum atomic E-state index is -0.823. The Balaban J connectivity index is 1.86. The molecule has 5 rings (SSSR count). The molecular formula is C15H20O5. The van der Waals surface area contributed by atoms with Crippen molar-refractivity contribution in [3.63, 3.8) is 0 Å². The molecule has 0 aromatic heterocycles. The summed E-state index contributed by atoms with van der Waals surface area (Å²) in [6.45, 7) is 8.00. The predicted molar refractivity (Wildman–Crippen MR) is 68.0 cm³/mol. The van der Waals surface area contributed by atoms with Crippen LogP contribution in [0.5, 0.6) is 0 Å². The second kappa shape index (κ2) is 3.84. The van der Waals surface area contributed by atoms with E-state index >= 15 is 0 Å². The summed E-state index contributed by atoms with van der Waals surface area (Å²) in [7, 11) is 0. The van der Waals surface area contributed by atoms with Crippen LogP contribution in [0.2, 0.25) is 0 Å². The molecule has 4 aliphatic heterocycles. The summed E-state index contributed by atoms with van der Waals surface area (Å²) in [6, 6.07) is 0. The van der Waals surface area contributed by atoms with Gasteiger partial charge in [-0.2, -0.15) is 0 Å². The number of carbonyl (C=O) groups is 1. The lowest BCUT2D eigenvalue weighted by Gasteiger charge is -2.56. The van der Waals surface area contributed by atoms with Crippen molar-refractivity contribution < 1.29 is 24.0 Å². The van der Waals surface area contributed by atoms with Crippen LogP contribution in [0.15, 0.2) is 12.2 Å². The van der Waals surface area contributed by atoms with E-state index in [4.69, 9.17) is 19.2 Å². The van der Waals surface area contributed by atoms with Crippen molar-refractivity contribution in [2.75, 3.05) is 0 Å². The number of hydrogen-bond donors (Lipinski definition) is 0. The van der Waals surface area contributed by atoms with Crippen LogP contribution in [0.1, 0.15) is 39.5 Å². The molecule has 4 saturated heterocycles. The van der Waals surface area contributed by atoms with Gasteiger partial charge in [0.05, 0.1) is 0 Å². The lowest BCUT2D eigenvalue weighted by atomic mass is 9.59. The van der Waals surface area contributed by atoms with E-state index in [-0.39, 0.29) is 17.8 Å². The second-order valence-electron chi connectivity index (χ2n) is 6.79. The first-order valence-corrected chi connectivity index (χ1v) is 7.41. The monoisotopic (exact) mass is 280 g/mol. The van der Waals surface area contributed by atoms with Gasteiger partial charge in [0, 0.05) is 23.8 Å². The Labute approximate surface area is 118 Å². The first-order valence-electron chi connectivity index (χ1n) is 7.41. The van der Waals surface area contributed by atoms with Crippen molar-refractivity contribution in [2.45, 2.75) is 57.2 Å². The molecule has 0 N–H and O–H groups in total. The van der Waals surface area contributed by atoms with E-state index in [0.29, 0.717) is 11.5 Å². The Morgan fingerprint density at radius 2 is 2.05 bits per heavy atom. The molecule has 0 aromatic carbocycles. The van der Waals surface area contributed by atoms with Crippen molar-refractivity contribution in [1.29, 1.82) is 0 Å². The first-order chi connectivity index (χ1) is 9.46. The highest BCUT2D eigenvalue weighted by Gasteiger charge is 2.69. The highest BCUT2D eigenvalue weighted by atomic mass is 17.3. The highest BCUT2D eigenvalue weighted by molar-refractivity contribution is 5.89. The van der Waals surface area contributed by atoms with Gasteiger partial charge in [0.2, 0.25) is 12.1 Å². The number of rotatable bonds is 0. The molecule has 4 heterocycles. The summed E-state index contributed by atoms with van der Waals surface area (Å²) >= 11 is 0. The predicted octanol–water partition coefficient (Wildman–Crippen LogP) is 2.32. The van der Waals surface area contributed by atoms with E-state index in [9.17, 15) is 4.79 Å². The fourth-order valence-corrected chi connectivity index (χ4v) is 4.46. The van der Waals surface area contributed by atoms with Gasteiger partial charge in [-0.25, -0.2) is 14.6 Å². The molecule has 0 radical (unpaired) electrons. The Morgan fingerprint density at radius 1 is 1.25 bits per heavy atom. The van der Waals surface area contributed by atoms with Crippen molar-refractivity contribution in [3.05, 3.63) is 12.2 Å². The lowest BCUT2D eigenvalue weighted by Crippen LogP contribution is -2.68. The van der Waals surface area contributed by atoms with Gasteiger partial charge in [0.25, 0.3) is 0 Å². The van der Waals surface area contributed by atoms with Crippen LogP contribution in [0.25, 0.3) is 0 Å². The largest absolute Gasteiger partial charge is 0.429 e. The third-order valence-corrected chi connectivity index (χ3v) is 5.62. The number of carbonyl (C=O) groups excluding carboxylic acids is 1. The third-order valence-electron chi connectivity index (χ3n) is 5.62. The maximum absolute atomic E-state index is 12.0. The Hall–Kier alpha value is -0.910. The van der Waals surface area contributed by atoms with Crippen molar-refractivity contribution >= 4 is 5.97 Å². The third kappa shape index (κ3) is 1.41. The fraction of sp³-hybridized carbons (Fsp3) is 0.800. The summed E-state index contributed by atoms with van der Waals surface area (Å²) in [5, 5.41) is 0. The molecule has 1 aliphatic carbocycles. The van der Waals surface area contributed by atoms with Crippen LogP contribution in [0, 0.1) is 17.8 Å². The van der Waals surface area contributed by atoms with E-state index in [1.54, 1.807) is 0 Å².